The van der Waals surface area contributed by atoms with E-state index >= 15 is 0 Å². The van der Waals surface area contributed by atoms with Gasteiger partial charge >= 0.3 is 5.97 Å². The first-order valence-electron chi connectivity index (χ1n) is 7.69. The van der Waals surface area contributed by atoms with Crippen molar-refractivity contribution in [3.05, 3.63) is 71.8 Å². The maximum Gasteiger partial charge on any atom is 0.335 e. The van der Waals surface area contributed by atoms with E-state index in [9.17, 15) is 9.59 Å². The summed E-state index contributed by atoms with van der Waals surface area (Å²) in [5.41, 5.74) is 2.12. The van der Waals surface area contributed by atoms with Gasteiger partial charge in [0.15, 0.2) is 6.29 Å². The SMILES string of the molecule is C=CC(=O)Oc1c(COc2ccccc2C=O)cccc1C(C)C. The van der Waals surface area contributed by atoms with Gasteiger partial charge in [0, 0.05) is 11.6 Å². The molecule has 0 aliphatic carbocycles. The average molecular weight is 324 g/mol. The quantitative estimate of drug-likeness (QED) is 0.330. The molecular weight excluding hydrogens is 304 g/mol. The monoisotopic (exact) mass is 324 g/mol. The fraction of sp³-hybridized carbons (Fsp3) is 0.200. The predicted molar refractivity (Wildman–Crippen MR) is 92.5 cm³/mol. The lowest BCUT2D eigenvalue weighted by atomic mass is 9.99. The molecular formula is C20H20O4. The highest BCUT2D eigenvalue weighted by Gasteiger charge is 2.16. The fourth-order valence-corrected chi connectivity index (χ4v) is 2.30. The summed E-state index contributed by atoms with van der Waals surface area (Å²) in [5.74, 6) is 0.641. The molecule has 2 aromatic rings. The maximum atomic E-state index is 11.7. The number of hydrogen-bond acceptors (Lipinski definition) is 4. The van der Waals surface area contributed by atoms with Gasteiger partial charge in [-0.25, -0.2) is 4.79 Å². The summed E-state index contributed by atoms with van der Waals surface area (Å²) in [5, 5.41) is 0. The van der Waals surface area contributed by atoms with E-state index in [4.69, 9.17) is 9.47 Å². The zero-order valence-electron chi connectivity index (χ0n) is 13.8. The van der Waals surface area contributed by atoms with E-state index in [-0.39, 0.29) is 12.5 Å². The van der Waals surface area contributed by atoms with Crippen molar-refractivity contribution in [2.24, 2.45) is 0 Å². The van der Waals surface area contributed by atoms with Crippen LogP contribution in [0.4, 0.5) is 0 Å². The molecule has 4 nitrogen and oxygen atoms in total. The molecule has 0 fully saturated rings. The van der Waals surface area contributed by atoms with Gasteiger partial charge in [-0.05, 0) is 23.6 Å². The summed E-state index contributed by atoms with van der Waals surface area (Å²) in [7, 11) is 0. The molecule has 4 heteroatoms. The summed E-state index contributed by atoms with van der Waals surface area (Å²) in [6.07, 6.45) is 1.88. The molecule has 0 atom stereocenters. The van der Waals surface area contributed by atoms with Gasteiger partial charge in [0.2, 0.25) is 0 Å². The summed E-state index contributed by atoms with van der Waals surface area (Å²) < 4.78 is 11.2. The number of ether oxygens (including phenoxy) is 2. The Labute approximate surface area is 141 Å². The van der Waals surface area contributed by atoms with Crippen LogP contribution in [-0.2, 0) is 11.4 Å². The van der Waals surface area contributed by atoms with Crippen molar-refractivity contribution in [2.75, 3.05) is 0 Å². The molecule has 0 N–H and O–H groups in total. The van der Waals surface area contributed by atoms with Crippen LogP contribution in [-0.4, -0.2) is 12.3 Å². The molecule has 2 aromatic carbocycles. The first-order chi connectivity index (χ1) is 11.6. The third-order valence-electron chi connectivity index (χ3n) is 3.55. The van der Waals surface area contributed by atoms with E-state index in [0.29, 0.717) is 17.1 Å². The first kappa shape index (κ1) is 17.5. The van der Waals surface area contributed by atoms with Crippen LogP contribution in [0.15, 0.2) is 55.1 Å². The van der Waals surface area contributed by atoms with Crippen molar-refractivity contribution in [2.45, 2.75) is 26.4 Å². The zero-order chi connectivity index (χ0) is 17.5. The van der Waals surface area contributed by atoms with E-state index in [1.165, 1.54) is 0 Å². The minimum atomic E-state index is -0.516. The van der Waals surface area contributed by atoms with Crippen molar-refractivity contribution < 1.29 is 19.1 Å². The number of hydrogen-bond donors (Lipinski definition) is 0. The van der Waals surface area contributed by atoms with Gasteiger partial charge in [-0.1, -0.05) is 50.8 Å². The lowest BCUT2D eigenvalue weighted by Gasteiger charge is -2.17. The van der Waals surface area contributed by atoms with E-state index in [0.717, 1.165) is 23.5 Å². The Kier molecular flexibility index (Phi) is 5.90. The van der Waals surface area contributed by atoms with E-state index in [1.54, 1.807) is 24.3 Å². The molecule has 124 valence electrons. The van der Waals surface area contributed by atoms with Gasteiger partial charge in [-0.15, -0.1) is 0 Å². The highest BCUT2D eigenvalue weighted by molar-refractivity contribution is 5.84. The number of para-hydroxylation sites is 2. The second kappa shape index (κ2) is 8.11. The Morgan fingerprint density at radius 3 is 2.58 bits per heavy atom. The average Bonchev–Trinajstić information content (AvgIpc) is 2.60. The van der Waals surface area contributed by atoms with E-state index in [2.05, 4.69) is 6.58 Å². The number of aldehydes is 1. The number of carbonyl (C=O) groups is 2. The second-order valence-corrected chi connectivity index (χ2v) is 5.56. The van der Waals surface area contributed by atoms with Crippen LogP contribution in [0.5, 0.6) is 11.5 Å². The molecule has 0 unspecified atom stereocenters. The molecule has 24 heavy (non-hydrogen) atoms. The van der Waals surface area contributed by atoms with Crippen molar-refractivity contribution in [1.29, 1.82) is 0 Å². The van der Waals surface area contributed by atoms with Crippen LogP contribution in [0.25, 0.3) is 0 Å². The number of benzene rings is 2. The molecule has 0 aromatic heterocycles. The minimum absolute atomic E-state index is 0.180. The normalized spacial score (nSPS) is 10.3. The van der Waals surface area contributed by atoms with Gasteiger partial charge in [-0.2, -0.15) is 0 Å². The molecule has 0 bridgehead atoms. The van der Waals surface area contributed by atoms with Gasteiger partial charge in [0.05, 0.1) is 5.56 Å². The topological polar surface area (TPSA) is 52.6 Å². The van der Waals surface area contributed by atoms with Crippen LogP contribution in [0.2, 0.25) is 0 Å². The lowest BCUT2D eigenvalue weighted by Crippen LogP contribution is -2.10. The fourth-order valence-electron chi connectivity index (χ4n) is 2.30. The third kappa shape index (κ3) is 4.10. The van der Waals surface area contributed by atoms with Crippen molar-refractivity contribution >= 4 is 12.3 Å². The minimum Gasteiger partial charge on any atom is -0.488 e. The summed E-state index contributed by atoms with van der Waals surface area (Å²) in [6, 6.07) is 12.6. The Morgan fingerprint density at radius 2 is 1.92 bits per heavy atom. The second-order valence-electron chi connectivity index (χ2n) is 5.56. The smallest absolute Gasteiger partial charge is 0.335 e. The van der Waals surface area contributed by atoms with Crippen molar-refractivity contribution in [1.82, 2.24) is 0 Å². The summed E-state index contributed by atoms with van der Waals surface area (Å²) >= 11 is 0. The van der Waals surface area contributed by atoms with E-state index < -0.39 is 5.97 Å². The molecule has 2 rings (SSSR count). The molecule has 0 amide bonds. The molecule has 0 saturated carbocycles. The molecule has 0 heterocycles. The predicted octanol–water partition coefficient (Wildman–Crippen LogP) is 4.29. The van der Waals surface area contributed by atoms with Crippen molar-refractivity contribution in [3.63, 3.8) is 0 Å². The molecule has 0 spiro atoms. The Morgan fingerprint density at radius 1 is 1.17 bits per heavy atom. The van der Waals surface area contributed by atoms with Crippen molar-refractivity contribution in [3.8, 4) is 11.5 Å². The van der Waals surface area contributed by atoms with Gasteiger partial charge in [-0.3, -0.25) is 4.79 Å². The Bertz CT molecular complexity index is 747. The number of carbonyl (C=O) groups excluding carboxylic acids is 2. The molecule has 0 saturated heterocycles. The number of rotatable bonds is 7. The third-order valence-corrected chi connectivity index (χ3v) is 3.55. The van der Waals surface area contributed by atoms with Crippen LogP contribution < -0.4 is 9.47 Å². The Hall–Kier alpha value is -2.88. The standard InChI is InChI=1S/C20H20O4/c1-4-19(22)24-20-16(9-7-10-17(20)14(2)3)13-23-18-11-6-5-8-15(18)12-21/h4-12,14H,1,13H2,2-3H3. The van der Waals surface area contributed by atoms with Gasteiger partial charge in [0.25, 0.3) is 0 Å². The van der Waals surface area contributed by atoms with Crippen LogP contribution in [0.3, 0.4) is 0 Å². The first-order valence-corrected chi connectivity index (χ1v) is 7.69. The highest BCUT2D eigenvalue weighted by atomic mass is 16.5. The zero-order valence-corrected chi connectivity index (χ0v) is 13.8. The maximum absolute atomic E-state index is 11.7. The van der Waals surface area contributed by atoms with Gasteiger partial charge in [0.1, 0.15) is 18.1 Å². The highest BCUT2D eigenvalue weighted by Crippen LogP contribution is 2.31. The number of esters is 1. The molecule has 0 aliphatic heterocycles. The van der Waals surface area contributed by atoms with Gasteiger partial charge < -0.3 is 9.47 Å². The molecule has 0 aliphatic rings. The van der Waals surface area contributed by atoms with E-state index in [1.807, 2.05) is 32.0 Å². The van der Waals surface area contributed by atoms with Crippen LogP contribution >= 0.6 is 0 Å². The molecule has 0 radical (unpaired) electrons. The summed E-state index contributed by atoms with van der Waals surface area (Å²) in [4.78, 5) is 22.7. The lowest BCUT2D eigenvalue weighted by molar-refractivity contribution is -0.129. The van der Waals surface area contributed by atoms with Crippen LogP contribution in [0, 0.1) is 0 Å². The van der Waals surface area contributed by atoms with Crippen LogP contribution in [0.1, 0.15) is 41.3 Å². The Balaban J connectivity index is 2.31. The summed E-state index contributed by atoms with van der Waals surface area (Å²) in [6.45, 7) is 7.66. The largest absolute Gasteiger partial charge is 0.488 e.